The molecule has 6 heteroatoms. The van der Waals surface area contributed by atoms with E-state index in [9.17, 15) is 8.42 Å². The number of nitrogens with two attached hydrogens (primary N) is 1. The van der Waals surface area contributed by atoms with Gasteiger partial charge in [-0.05, 0) is 6.42 Å². The van der Waals surface area contributed by atoms with Crippen LogP contribution in [0.4, 0.5) is 0 Å². The van der Waals surface area contributed by atoms with E-state index in [4.69, 9.17) is 0 Å². The Bertz CT molecular complexity index is 144. The Labute approximate surface area is 98.2 Å². The molecule has 0 unspecified atom stereocenters. The Hall–Kier alpha value is 1.51. The average molecular weight is 177 g/mol. The molecule has 4 nitrogen and oxygen atoms in total. The van der Waals surface area contributed by atoms with Gasteiger partial charge in [0.15, 0.2) is 0 Å². The number of rotatable bonds is 3. The van der Waals surface area contributed by atoms with Gasteiger partial charge in [0.05, 0.1) is 0 Å². The van der Waals surface area contributed by atoms with Crippen molar-refractivity contribution in [1.82, 2.24) is 4.72 Å². The molecule has 50 valence electrons. The van der Waals surface area contributed by atoms with Gasteiger partial charge in [0.1, 0.15) is 0 Å². The van der Waals surface area contributed by atoms with E-state index in [1.165, 1.54) is 0 Å². The van der Waals surface area contributed by atoms with Crippen molar-refractivity contribution >= 4 is 10.2 Å². The van der Waals surface area contributed by atoms with E-state index in [-0.39, 0.29) is 51.4 Å². The maximum absolute atomic E-state index is 10.1. The van der Waals surface area contributed by atoms with Gasteiger partial charge in [-0.15, -0.1) is 0 Å². The summed E-state index contributed by atoms with van der Waals surface area (Å²) >= 11 is 0. The fraction of sp³-hybridized carbons (Fsp3) is 1.00. The molecule has 0 rings (SSSR count). The van der Waals surface area contributed by atoms with Crippen LogP contribution in [0.1, 0.15) is 13.3 Å². The third kappa shape index (κ3) is 12.7. The van der Waals surface area contributed by atoms with Gasteiger partial charge in [-0.2, -0.15) is 8.42 Å². The SMILES string of the molecule is CCCNS(N)(=O)=O.[K+]. The van der Waals surface area contributed by atoms with Gasteiger partial charge < -0.3 is 0 Å². The first-order valence-corrected chi connectivity index (χ1v) is 3.88. The van der Waals surface area contributed by atoms with Gasteiger partial charge >= 0.3 is 51.4 Å². The van der Waals surface area contributed by atoms with Crippen LogP contribution in [0, 0.1) is 0 Å². The quantitative estimate of drug-likeness (QED) is 0.434. The first kappa shape index (κ1) is 13.1. The van der Waals surface area contributed by atoms with Gasteiger partial charge in [0, 0.05) is 6.54 Å². The van der Waals surface area contributed by atoms with Crippen molar-refractivity contribution in [3.63, 3.8) is 0 Å². The van der Waals surface area contributed by atoms with Crippen LogP contribution >= 0.6 is 0 Å². The fourth-order valence-corrected chi connectivity index (χ4v) is 0.733. The predicted octanol–water partition coefficient (Wildman–Crippen LogP) is -3.81. The molecule has 0 aliphatic carbocycles. The molecular weight excluding hydrogens is 167 g/mol. The summed E-state index contributed by atoms with van der Waals surface area (Å²) in [6, 6.07) is 0. The minimum absolute atomic E-state index is 0. The van der Waals surface area contributed by atoms with Crippen LogP contribution < -0.4 is 61.2 Å². The Morgan fingerprint density at radius 1 is 1.56 bits per heavy atom. The molecule has 0 aromatic carbocycles. The van der Waals surface area contributed by atoms with Gasteiger partial charge in [-0.25, -0.2) is 9.86 Å². The van der Waals surface area contributed by atoms with Crippen molar-refractivity contribution in [2.45, 2.75) is 13.3 Å². The molecule has 0 saturated carbocycles. The van der Waals surface area contributed by atoms with Crippen LogP contribution in [0.15, 0.2) is 0 Å². The molecule has 0 aliphatic heterocycles. The van der Waals surface area contributed by atoms with E-state index in [0.29, 0.717) is 6.54 Å². The van der Waals surface area contributed by atoms with Crippen LogP contribution in [-0.4, -0.2) is 15.0 Å². The number of nitrogens with one attached hydrogen (secondary N) is 1. The summed E-state index contributed by atoms with van der Waals surface area (Å²) in [7, 11) is -3.44. The predicted molar refractivity (Wildman–Crippen MR) is 31.4 cm³/mol. The van der Waals surface area contributed by atoms with Crippen molar-refractivity contribution in [3.05, 3.63) is 0 Å². The standard InChI is InChI=1S/C3H10N2O2S.K/c1-2-3-5-8(4,6)7;/h5H,2-3H2,1H3,(H2,4,6,7);/q;+1. The van der Waals surface area contributed by atoms with Gasteiger partial charge in [-0.3, -0.25) is 0 Å². The van der Waals surface area contributed by atoms with Crippen LogP contribution in [0.2, 0.25) is 0 Å². The van der Waals surface area contributed by atoms with E-state index in [2.05, 4.69) is 9.86 Å². The molecule has 0 fully saturated rings. The third-order valence-electron chi connectivity index (χ3n) is 0.553. The molecule has 0 radical (unpaired) electrons. The number of hydrogen-bond donors (Lipinski definition) is 2. The molecule has 0 atom stereocenters. The molecular formula is C3H10KN2O2S+. The summed E-state index contributed by atoms with van der Waals surface area (Å²) in [6.45, 7) is 2.27. The maximum Gasteiger partial charge on any atom is 1.00 e. The zero-order valence-electron chi connectivity index (χ0n) is 5.72. The summed E-state index contributed by atoms with van der Waals surface area (Å²) in [5, 5.41) is 4.58. The van der Waals surface area contributed by atoms with Crippen LogP contribution in [0.25, 0.3) is 0 Å². The molecule has 0 aliphatic rings. The largest absolute Gasteiger partial charge is 1.00 e. The van der Waals surface area contributed by atoms with Crippen LogP contribution in [0.3, 0.4) is 0 Å². The average Bonchev–Trinajstić information content (AvgIpc) is 1.59. The fourth-order valence-electron chi connectivity index (χ4n) is 0.244. The second-order valence-electron chi connectivity index (χ2n) is 1.44. The Morgan fingerprint density at radius 3 is 2.11 bits per heavy atom. The molecule has 0 aromatic heterocycles. The van der Waals surface area contributed by atoms with E-state index in [1.807, 2.05) is 6.92 Å². The van der Waals surface area contributed by atoms with Crippen molar-refractivity contribution in [3.8, 4) is 0 Å². The monoisotopic (exact) mass is 177 g/mol. The Balaban J connectivity index is 0. The summed E-state index contributed by atoms with van der Waals surface area (Å²) in [6.07, 6.45) is 0.760. The molecule has 3 N–H and O–H groups in total. The molecule has 0 heterocycles. The van der Waals surface area contributed by atoms with E-state index < -0.39 is 10.2 Å². The molecule has 9 heavy (non-hydrogen) atoms. The van der Waals surface area contributed by atoms with E-state index in [0.717, 1.165) is 6.42 Å². The first-order valence-electron chi connectivity index (χ1n) is 2.33. The zero-order chi connectivity index (χ0) is 6.62. The van der Waals surface area contributed by atoms with Crippen LogP contribution in [-0.2, 0) is 10.2 Å². The van der Waals surface area contributed by atoms with Gasteiger partial charge in [-0.1, -0.05) is 6.92 Å². The molecule has 0 saturated heterocycles. The normalized spacial score (nSPS) is 10.4. The topological polar surface area (TPSA) is 72.2 Å². The summed E-state index contributed by atoms with van der Waals surface area (Å²) in [5.74, 6) is 0. The second kappa shape index (κ2) is 6.23. The van der Waals surface area contributed by atoms with Crippen molar-refractivity contribution in [1.29, 1.82) is 0 Å². The molecule has 0 amide bonds. The first-order chi connectivity index (χ1) is 3.56. The Kier molecular flexibility index (Phi) is 9.09. The summed E-state index contributed by atoms with van der Waals surface area (Å²) in [5.41, 5.74) is 0. The van der Waals surface area contributed by atoms with E-state index >= 15 is 0 Å². The van der Waals surface area contributed by atoms with E-state index in [1.54, 1.807) is 0 Å². The molecule has 0 spiro atoms. The third-order valence-corrected chi connectivity index (χ3v) is 1.16. The smallest absolute Gasteiger partial charge is 0.216 e. The minimum atomic E-state index is -3.44. The minimum Gasteiger partial charge on any atom is -0.216 e. The second-order valence-corrected chi connectivity index (χ2v) is 2.82. The van der Waals surface area contributed by atoms with Crippen molar-refractivity contribution < 1.29 is 59.8 Å². The summed E-state index contributed by atoms with van der Waals surface area (Å²) < 4.78 is 22.2. The number of hydrogen-bond acceptors (Lipinski definition) is 2. The van der Waals surface area contributed by atoms with Gasteiger partial charge in [0.2, 0.25) is 0 Å². The van der Waals surface area contributed by atoms with Gasteiger partial charge in [0.25, 0.3) is 10.2 Å². The Morgan fingerprint density at radius 2 is 2.00 bits per heavy atom. The van der Waals surface area contributed by atoms with Crippen molar-refractivity contribution in [2.24, 2.45) is 5.14 Å². The molecule has 0 aromatic rings. The van der Waals surface area contributed by atoms with Crippen LogP contribution in [0.5, 0.6) is 0 Å². The summed E-state index contributed by atoms with van der Waals surface area (Å²) in [4.78, 5) is 0. The molecule has 0 bridgehead atoms. The van der Waals surface area contributed by atoms with Crippen molar-refractivity contribution in [2.75, 3.05) is 6.54 Å². The zero-order valence-corrected chi connectivity index (χ0v) is 9.66. The maximum atomic E-state index is 10.1.